The summed E-state index contributed by atoms with van der Waals surface area (Å²) in [6.07, 6.45) is 0. The molecule has 2 aromatic heterocycles. The topological polar surface area (TPSA) is 113 Å². The van der Waals surface area contributed by atoms with E-state index < -0.39 is 10.9 Å². The quantitative estimate of drug-likeness (QED) is 0.619. The molecule has 0 bridgehead atoms. The van der Waals surface area contributed by atoms with Crippen molar-refractivity contribution >= 4 is 48.9 Å². The Morgan fingerprint density at radius 1 is 1.29 bits per heavy atom. The Labute approximate surface area is 130 Å². The minimum Gasteiger partial charge on any atom is -0.441 e. The first-order chi connectivity index (χ1) is 10.0. The summed E-state index contributed by atoms with van der Waals surface area (Å²) < 4.78 is 23.5. The van der Waals surface area contributed by atoms with Crippen LogP contribution in [0.25, 0.3) is 0 Å². The highest BCUT2D eigenvalue weighted by Crippen LogP contribution is 2.35. The molecule has 0 aromatic carbocycles. The third-order valence-corrected chi connectivity index (χ3v) is 4.73. The van der Waals surface area contributed by atoms with Gasteiger partial charge in [0.05, 0.1) is 11.4 Å². The second-order valence-electron chi connectivity index (χ2n) is 3.62. The van der Waals surface area contributed by atoms with Crippen LogP contribution in [0.15, 0.2) is 14.6 Å². The van der Waals surface area contributed by atoms with Crippen LogP contribution in [0.4, 0.5) is 15.1 Å². The van der Waals surface area contributed by atoms with E-state index in [-0.39, 0.29) is 0 Å². The fourth-order valence-electron chi connectivity index (χ4n) is 1.25. The van der Waals surface area contributed by atoms with Crippen molar-refractivity contribution in [3.05, 3.63) is 17.0 Å². The summed E-state index contributed by atoms with van der Waals surface area (Å²) in [5.41, 5.74) is 1.65. The van der Waals surface area contributed by atoms with E-state index in [1.54, 1.807) is 13.8 Å². The Kier molecular flexibility index (Phi) is 5.07. The molecule has 0 saturated carbocycles. The van der Waals surface area contributed by atoms with Crippen molar-refractivity contribution in [3.8, 4) is 6.07 Å². The van der Waals surface area contributed by atoms with Gasteiger partial charge in [-0.25, -0.2) is 4.98 Å². The highest BCUT2D eigenvalue weighted by molar-refractivity contribution is 7.70. The lowest BCUT2D eigenvalue weighted by atomic mass is 10.3. The molecule has 0 saturated heterocycles. The molecule has 0 aliphatic heterocycles. The van der Waals surface area contributed by atoms with Gasteiger partial charge in [0.2, 0.25) is 0 Å². The lowest BCUT2D eigenvalue weighted by Gasteiger charge is -1.96. The lowest BCUT2D eigenvalue weighted by Crippen LogP contribution is -1.75. The molecule has 8 nitrogen and oxygen atoms in total. The second kappa shape index (κ2) is 6.81. The van der Waals surface area contributed by atoms with Gasteiger partial charge in [0.25, 0.3) is 0 Å². The average Bonchev–Trinajstić information content (AvgIpc) is 2.99. The summed E-state index contributed by atoms with van der Waals surface area (Å²) in [6, 6.07) is 2.04. The second-order valence-corrected chi connectivity index (χ2v) is 6.28. The van der Waals surface area contributed by atoms with E-state index >= 15 is 0 Å². The molecule has 2 heterocycles. The minimum absolute atomic E-state index is 0.294. The monoisotopic (exact) mass is 341 g/mol. The van der Waals surface area contributed by atoms with Gasteiger partial charge in [-0.15, -0.1) is 10.2 Å². The highest BCUT2D eigenvalue weighted by Gasteiger charge is 2.10. The van der Waals surface area contributed by atoms with Crippen LogP contribution in [0.1, 0.15) is 17.0 Å². The van der Waals surface area contributed by atoms with Gasteiger partial charge in [-0.05, 0) is 25.4 Å². The maximum absolute atomic E-state index is 11.2. The van der Waals surface area contributed by atoms with Crippen molar-refractivity contribution in [1.82, 2.24) is 9.36 Å². The first-order valence-corrected chi connectivity index (χ1v) is 8.11. The van der Waals surface area contributed by atoms with E-state index in [4.69, 9.17) is 5.26 Å². The zero-order valence-electron chi connectivity index (χ0n) is 11.2. The van der Waals surface area contributed by atoms with E-state index in [2.05, 4.69) is 28.1 Å². The van der Waals surface area contributed by atoms with Crippen molar-refractivity contribution in [2.24, 2.45) is 14.6 Å². The molecule has 110 valence electrons. The summed E-state index contributed by atoms with van der Waals surface area (Å²) in [6.45, 7) is 3.48. The van der Waals surface area contributed by atoms with Crippen LogP contribution in [0.5, 0.6) is 0 Å². The van der Waals surface area contributed by atoms with Crippen LogP contribution >= 0.6 is 22.9 Å². The molecule has 0 atom stereocenters. The number of aromatic nitrogens is 2. The number of aryl methyl sites for hydroxylation is 2. The lowest BCUT2D eigenvalue weighted by molar-refractivity contribution is 0.438. The van der Waals surface area contributed by atoms with Crippen LogP contribution in [0.2, 0.25) is 0 Å². The van der Waals surface area contributed by atoms with Gasteiger partial charge < -0.3 is 12.8 Å². The Morgan fingerprint density at radius 2 is 2.00 bits per heavy atom. The molecule has 0 aliphatic rings. The fourth-order valence-corrected chi connectivity index (χ4v) is 3.13. The molecule has 2 rings (SSSR count). The standard InChI is InChI=1S/C10H9N6O2S3/c1-5-7(4-11)9(20-15-5)14-13-8-6(2)12-10(19-8)16-21(17)18-3/h1-3H3/q-1. The Hall–Kier alpha value is -1.74. The molecular formula is C10H9N6O2S3-. The first kappa shape index (κ1) is 15.6. The average molecular weight is 341 g/mol. The normalized spacial score (nSPS) is 12.9. The van der Waals surface area contributed by atoms with Crippen LogP contribution < -0.4 is 0 Å². The SMILES string of the molecule is CO[S-](=O)=Nc1nc(C)c(N=Nc2snc(C)c2C#N)s1. The van der Waals surface area contributed by atoms with Crippen LogP contribution in [-0.4, -0.2) is 16.5 Å². The molecule has 0 spiro atoms. The molecule has 0 aliphatic carbocycles. The predicted molar refractivity (Wildman–Crippen MR) is 79.7 cm³/mol. The Bertz CT molecular complexity index is 809. The molecule has 11 heteroatoms. The minimum atomic E-state index is -1.76. The van der Waals surface area contributed by atoms with Gasteiger partial charge in [0.1, 0.15) is 11.6 Å². The van der Waals surface area contributed by atoms with Crippen molar-refractivity contribution in [2.45, 2.75) is 13.8 Å². The van der Waals surface area contributed by atoms with Crippen LogP contribution in [0, 0.1) is 25.2 Å². The Morgan fingerprint density at radius 3 is 2.67 bits per heavy atom. The Balaban J connectivity index is 2.30. The molecule has 0 amide bonds. The van der Waals surface area contributed by atoms with Crippen molar-refractivity contribution in [3.63, 3.8) is 0 Å². The van der Waals surface area contributed by atoms with Gasteiger partial charge in [-0.1, -0.05) is 22.2 Å². The van der Waals surface area contributed by atoms with E-state index in [9.17, 15) is 4.21 Å². The highest BCUT2D eigenvalue weighted by atomic mass is 32.2. The summed E-state index contributed by atoms with van der Waals surface area (Å²) in [5.74, 6) is 0. The summed E-state index contributed by atoms with van der Waals surface area (Å²) in [5, 5.41) is 18.4. The molecule has 21 heavy (non-hydrogen) atoms. The van der Waals surface area contributed by atoms with Gasteiger partial charge in [-0.2, -0.15) is 9.64 Å². The van der Waals surface area contributed by atoms with E-state index in [1.165, 1.54) is 7.11 Å². The zero-order valence-corrected chi connectivity index (χ0v) is 13.7. The van der Waals surface area contributed by atoms with Crippen molar-refractivity contribution < 1.29 is 8.39 Å². The first-order valence-electron chi connectivity index (χ1n) is 5.48. The molecule has 2 aromatic rings. The summed E-state index contributed by atoms with van der Waals surface area (Å²) in [4.78, 5) is 4.11. The smallest absolute Gasteiger partial charge is 0.189 e. The molecule has 0 radical (unpaired) electrons. The number of azo groups is 1. The summed E-state index contributed by atoms with van der Waals surface area (Å²) in [7, 11) is -0.477. The van der Waals surface area contributed by atoms with Crippen LogP contribution in [0.3, 0.4) is 0 Å². The summed E-state index contributed by atoms with van der Waals surface area (Å²) >= 11 is 2.24. The van der Waals surface area contributed by atoms with E-state index in [1.807, 2.05) is 6.07 Å². The number of nitriles is 1. The third-order valence-electron chi connectivity index (χ3n) is 2.24. The number of nitrogens with zero attached hydrogens (tertiary/aromatic N) is 6. The van der Waals surface area contributed by atoms with Gasteiger partial charge in [0.15, 0.2) is 15.1 Å². The van der Waals surface area contributed by atoms with Gasteiger partial charge >= 0.3 is 0 Å². The predicted octanol–water partition coefficient (Wildman–Crippen LogP) is 3.84. The molecule has 0 unspecified atom stereocenters. The largest absolute Gasteiger partial charge is 0.441 e. The number of hydrogen-bond acceptors (Lipinski definition) is 11. The number of thiazole rings is 1. The van der Waals surface area contributed by atoms with E-state index in [0.29, 0.717) is 32.1 Å². The van der Waals surface area contributed by atoms with E-state index in [0.717, 1.165) is 22.9 Å². The maximum Gasteiger partial charge on any atom is 0.189 e. The van der Waals surface area contributed by atoms with Gasteiger partial charge in [-0.3, -0.25) is 0 Å². The van der Waals surface area contributed by atoms with Crippen molar-refractivity contribution in [2.75, 3.05) is 7.11 Å². The number of hydrogen-bond donors (Lipinski definition) is 0. The molecular weight excluding hydrogens is 332 g/mol. The zero-order chi connectivity index (χ0) is 15.4. The van der Waals surface area contributed by atoms with Gasteiger partial charge in [0, 0.05) is 7.11 Å². The third kappa shape index (κ3) is 3.67. The van der Waals surface area contributed by atoms with Crippen molar-refractivity contribution in [1.29, 1.82) is 5.26 Å². The molecule has 0 fully saturated rings. The maximum atomic E-state index is 11.2. The molecule has 0 N–H and O–H groups in total. The van der Waals surface area contributed by atoms with Crippen LogP contribution in [-0.2, 0) is 19.3 Å². The fraction of sp³-hybridized carbons (Fsp3) is 0.300. The number of rotatable bonds is 4.